The molecule has 6 nitrogen and oxygen atoms in total. The van der Waals surface area contributed by atoms with E-state index in [1.54, 1.807) is 0 Å². The topological polar surface area (TPSA) is 82.0 Å². The highest BCUT2D eigenvalue weighted by Crippen LogP contribution is 2.30. The Morgan fingerprint density at radius 2 is 1.91 bits per heavy atom. The normalized spacial score (nSPS) is 22.9. The summed E-state index contributed by atoms with van der Waals surface area (Å²) < 4.78 is 0. The molecule has 1 unspecified atom stereocenters. The lowest BCUT2D eigenvalue weighted by molar-refractivity contribution is -0.127. The highest BCUT2D eigenvalue weighted by Gasteiger charge is 2.35. The largest absolute Gasteiger partial charge is 0.465 e. The Kier molecular flexibility index (Phi) is 4.09. The van der Waals surface area contributed by atoms with Crippen molar-refractivity contribution in [2.24, 2.45) is 16.9 Å². The van der Waals surface area contributed by atoms with Gasteiger partial charge in [-0.3, -0.25) is 4.79 Å². The highest BCUT2D eigenvalue weighted by atomic mass is 16.4. The summed E-state index contributed by atoms with van der Waals surface area (Å²) in [5.74, 6) is 0.0434. The lowest BCUT2D eigenvalue weighted by Crippen LogP contribution is -2.44. The van der Waals surface area contributed by atoms with Gasteiger partial charge in [0.05, 0.1) is 5.71 Å². The fourth-order valence-electron chi connectivity index (χ4n) is 3.24. The minimum atomic E-state index is -0.877. The molecule has 1 fully saturated rings. The summed E-state index contributed by atoms with van der Waals surface area (Å²) >= 11 is 0. The molecule has 2 N–H and O–H groups in total. The zero-order valence-corrected chi connectivity index (χ0v) is 12.2. The first-order valence-electron chi connectivity index (χ1n) is 7.55. The summed E-state index contributed by atoms with van der Waals surface area (Å²) in [7, 11) is 0. The molecule has 0 radical (unpaired) electrons. The molecular weight excluding hydrogens is 282 g/mol. The van der Waals surface area contributed by atoms with Gasteiger partial charge in [0.1, 0.15) is 0 Å². The summed E-state index contributed by atoms with van der Waals surface area (Å²) in [5, 5.41) is 13.2. The van der Waals surface area contributed by atoms with E-state index in [4.69, 9.17) is 5.11 Å². The third-order valence-corrected chi connectivity index (χ3v) is 4.54. The van der Waals surface area contributed by atoms with E-state index in [1.165, 1.54) is 4.90 Å². The minimum absolute atomic E-state index is 0.0477. The zero-order chi connectivity index (χ0) is 15.5. The lowest BCUT2D eigenvalue weighted by Gasteiger charge is -2.35. The molecule has 0 aromatic heterocycles. The van der Waals surface area contributed by atoms with Crippen molar-refractivity contribution >= 4 is 17.7 Å². The summed E-state index contributed by atoms with van der Waals surface area (Å²) in [5.41, 5.74) is 4.55. The van der Waals surface area contributed by atoms with E-state index in [-0.39, 0.29) is 17.7 Å². The van der Waals surface area contributed by atoms with Crippen LogP contribution < -0.4 is 5.43 Å². The van der Waals surface area contributed by atoms with Crippen LogP contribution in [0.4, 0.5) is 4.79 Å². The van der Waals surface area contributed by atoms with Crippen LogP contribution in [0.1, 0.15) is 24.8 Å². The number of benzene rings is 1. The number of nitrogens with zero attached hydrogens (tertiary/aromatic N) is 2. The van der Waals surface area contributed by atoms with Gasteiger partial charge >= 0.3 is 6.09 Å². The van der Waals surface area contributed by atoms with Crippen molar-refractivity contribution in [2.75, 3.05) is 13.1 Å². The monoisotopic (exact) mass is 301 g/mol. The van der Waals surface area contributed by atoms with Crippen LogP contribution in [0.5, 0.6) is 0 Å². The van der Waals surface area contributed by atoms with Gasteiger partial charge in [-0.2, -0.15) is 5.10 Å². The van der Waals surface area contributed by atoms with Crippen LogP contribution in [0, 0.1) is 11.8 Å². The number of carbonyl (C=O) groups is 2. The molecule has 0 bridgehead atoms. The first-order valence-corrected chi connectivity index (χ1v) is 7.55. The van der Waals surface area contributed by atoms with Gasteiger partial charge in [-0.15, -0.1) is 0 Å². The van der Waals surface area contributed by atoms with E-state index in [1.807, 2.05) is 30.3 Å². The second kappa shape index (κ2) is 6.17. The van der Waals surface area contributed by atoms with Crippen LogP contribution in [0.2, 0.25) is 0 Å². The van der Waals surface area contributed by atoms with Gasteiger partial charge < -0.3 is 10.0 Å². The maximum absolute atomic E-state index is 12.1. The summed E-state index contributed by atoms with van der Waals surface area (Å²) in [6, 6.07) is 9.83. The van der Waals surface area contributed by atoms with E-state index in [2.05, 4.69) is 10.5 Å². The molecule has 0 saturated carbocycles. The third-order valence-electron chi connectivity index (χ3n) is 4.54. The Bertz CT molecular complexity index is 592. The molecule has 2 aliphatic heterocycles. The first-order chi connectivity index (χ1) is 10.6. The van der Waals surface area contributed by atoms with Crippen LogP contribution in [-0.2, 0) is 4.79 Å². The molecule has 116 valence electrons. The Balaban J connectivity index is 1.69. The molecule has 1 atom stereocenters. The van der Waals surface area contributed by atoms with E-state index < -0.39 is 6.09 Å². The van der Waals surface area contributed by atoms with Gasteiger partial charge in [-0.05, 0) is 24.3 Å². The predicted molar refractivity (Wildman–Crippen MR) is 81.6 cm³/mol. The van der Waals surface area contributed by atoms with Crippen molar-refractivity contribution < 1.29 is 14.7 Å². The van der Waals surface area contributed by atoms with Crippen molar-refractivity contribution in [1.82, 2.24) is 10.3 Å². The maximum atomic E-state index is 12.1. The van der Waals surface area contributed by atoms with Gasteiger partial charge in [0, 0.05) is 25.4 Å². The van der Waals surface area contributed by atoms with Gasteiger partial charge in [0.25, 0.3) is 0 Å². The van der Waals surface area contributed by atoms with Crippen LogP contribution in [0.15, 0.2) is 35.4 Å². The Hall–Kier alpha value is -2.37. The molecule has 2 heterocycles. The molecule has 2 amide bonds. The molecule has 0 aliphatic carbocycles. The summed E-state index contributed by atoms with van der Waals surface area (Å²) in [4.78, 5) is 24.5. The number of piperidine rings is 1. The predicted octanol–water partition coefficient (Wildman–Crippen LogP) is 1.92. The van der Waals surface area contributed by atoms with Crippen LogP contribution >= 0.6 is 0 Å². The molecule has 0 spiro atoms. The average Bonchev–Trinajstić information content (AvgIpc) is 2.56. The number of carbonyl (C=O) groups excluding carboxylic acids is 1. The van der Waals surface area contributed by atoms with E-state index in [9.17, 15) is 9.59 Å². The number of likely N-dealkylation sites (tertiary alicyclic amines) is 1. The Morgan fingerprint density at radius 3 is 2.55 bits per heavy atom. The standard InChI is InChI=1S/C16H19N3O3/c20-15-13(11-6-8-19(9-7-11)16(21)22)10-14(17-18-15)12-4-2-1-3-5-12/h1-5,11,13H,6-10H2,(H,18,20)(H,21,22). The molecule has 22 heavy (non-hydrogen) atoms. The molecule has 1 aromatic rings. The molecule has 3 rings (SSSR count). The van der Waals surface area contributed by atoms with Crippen LogP contribution in [-0.4, -0.2) is 40.8 Å². The number of rotatable bonds is 2. The van der Waals surface area contributed by atoms with E-state index in [0.717, 1.165) is 24.1 Å². The van der Waals surface area contributed by atoms with Gasteiger partial charge in [-0.1, -0.05) is 30.3 Å². The highest BCUT2D eigenvalue weighted by molar-refractivity contribution is 6.04. The lowest BCUT2D eigenvalue weighted by atomic mass is 9.79. The van der Waals surface area contributed by atoms with Crippen molar-refractivity contribution in [2.45, 2.75) is 19.3 Å². The second-order valence-corrected chi connectivity index (χ2v) is 5.82. The number of hydrogen-bond acceptors (Lipinski definition) is 3. The Labute approximate surface area is 128 Å². The first kappa shape index (κ1) is 14.6. The number of amides is 2. The van der Waals surface area contributed by atoms with Gasteiger partial charge in [0.15, 0.2) is 0 Å². The fourth-order valence-corrected chi connectivity index (χ4v) is 3.24. The molecule has 1 saturated heterocycles. The molecular formula is C16H19N3O3. The SMILES string of the molecule is O=C1NN=C(c2ccccc2)CC1C1CCN(C(=O)O)CC1. The van der Waals surface area contributed by atoms with E-state index >= 15 is 0 Å². The summed E-state index contributed by atoms with van der Waals surface area (Å²) in [6.45, 7) is 1.00. The summed E-state index contributed by atoms with van der Waals surface area (Å²) in [6.07, 6.45) is 1.20. The third kappa shape index (κ3) is 2.95. The molecule has 1 aromatic carbocycles. The number of nitrogens with one attached hydrogen (secondary N) is 1. The number of hydrogen-bond donors (Lipinski definition) is 2. The Morgan fingerprint density at radius 1 is 1.23 bits per heavy atom. The quantitative estimate of drug-likeness (QED) is 0.875. The number of hydrazone groups is 1. The van der Waals surface area contributed by atoms with Gasteiger partial charge in [-0.25, -0.2) is 10.2 Å². The van der Waals surface area contributed by atoms with Gasteiger partial charge in [0.2, 0.25) is 5.91 Å². The smallest absolute Gasteiger partial charge is 0.407 e. The van der Waals surface area contributed by atoms with Crippen molar-refractivity contribution in [3.05, 3.63) is 35.9 Å². The fraction of sp³-hybridized carbons (Fsp3) is 0.438. The van der Waals surface area contributed by atoms with Crippen molar-refractivity contribution in [1.29, 1.82) is 0 Å². The van der Waals surface area contributed by atoms with Crippen LogP contribution in [0.3, 0.4) is 0 Å². The van der Waals surface area contributed by atoms with E-state index in [0.29, 0.717) is 19.5 Å². The second-order valence-electron chi connectivity index (χ2n) is 5.82. The molecule has 2 aliphatic rings. The average molecular weight is 301 g/mol. The van der Waals surface area contributed by atoms with Crippen molar-refractivity contribution in [3.8, 4) is 0 Å². The zero-order valence-electron chi connectivity index (χ0n) is 12.2. The maximum Gasteiger partial charge on any atom is 0.407 e. The van der Waals surface area contributed by atoms with Crippen LogP contribution in [0.25, 0.3) is 0 Å². The van der Waals surface area contributed by atoms with Crippen molar-refractivity contribution in [3.63, 3.8) is 0 Å². The molecule has 6 heteroatoms. The minimum Gasteiger partial charge on any atom is -0.465 e. The number of carboxylic acid groups (broad SMARTS) is 1.